The topological polar surface area (TPSA) is 37.3 Å². The van der Waals surface area contributed by atoms with E-state index in [1.807, 2.05) is 0 Å². The maximum Gasteiger partial charge on any atom is 0.460 e. The number of halogens is 21. The third kappa shape index (κ3) is 4.31. The van der Waals surface area contributed by atoms with Crippen molar-refractivity contribution >= 4 is 5.97 Å². The van der Waals surface area contributed by atoms with Crippen molar-refractivity contribution in [3.8, 4) is 0 Å². The minimum atomic E-state index is -8.90. The summed E-state index contributed by atoms with van der Waals surface area (Å²) in [6.07, 6.45) is -15.7. The van der Waals surface area contributed by atoms with Crippen LogP contribution in [0.3, 0.4) is 0 Å². The minimum absolute atomic E-state index is 4.47. The molecule has 0 amide bonds. The first-order valence-corrected chi connectivity index (χ1v) is 7.15. The van der Waals surface area contributed by atoms with Crippen LogP contribution in [0.15, 0.2) is 11.4 Å². The van der Waals surface area contributed by atoms with Crippen LogP contribution in [0.4, 0.5) is 92.2 Å². The van der Waals surface area contributed by atoms with Crippen molar-refractivity contribution < 1.29 is 102 Å². The number of rotatable bonds is 8. The summed E-state index contributed by atoms with van der Waals surface area (Å²) < 4.78 is 269. The largest absolute Gasteiger partial charge is 0.478 e. The number of allylic oxidation sites excluding steroid dienone is 1. The van der Waals surface area contributed by atoms with E-state index in [1.165, 1.54) is 0 Å². The van der Waals surface area contributed by atoms with Gasteiger partial charge in [-0.25, -0.2) is 9.18 Å². The van der Waals surface area contributed by atoms with Crippen molar-refractivity contribution in [3.63, 3.8) is 0 Å². The molecule has 0 saturated carbocycles. The molecule has 0 aromatic rings. The van der Waals surface area contributed by atoms with Crippen molar-refractivity contribution in [1.29, 1.82) is 0 Å². The Labute approximate surface area is 174 Å². The van der Waals surface area contributed by atoms with E-state index in [-0.39, 0.29) is 0 Å². The van der Waals surface area contributed by atoms with Gasteiger partial charge in [-0.3, -0.25) is 0 Å². The van der Waals surface area contributed by atoms with Crippen molar-refractivity contribution in [2.45, 2.75) is 53.8 Å². The zero-order valence-corrected chi connectivity index (χ0v) is 14.8. The molecule has 0 aliphatic heterocycles. The van der Waals surface area contributed by atoms with Gasteiger partial charge >= 0.3 is 59.8 Å². The maximum absolute atomic E-state index is 13.6. The van der Waals surface area contributed by atoms with Crippen molar-refractivity contribution in [1.82, 2.24) is 0 Å². The normalized spacial score (nSPS) is 16.8. The number of alkyl halides is 20. The van der Waals surface area contributed by atoms with E-state index in [9.17, 15) is 97.0 Å². The highest BCUT2D eigenvalue weighted by atomic mass is 19.4. The number of carboxylic acid groups (broad SMARTS) is 1. The van der Waals surface area contributed by atoms with Crippen LogP contribution >= 0.6 is 0 Å². The van der Waals surface area contributed by atoms with Gasteiger partial charge in [-0.2, -0.15) is 87.8 Å². The lowest BCUT2D eigenvalue weighted by Crippen LogP contribution is -2.70. The molecule has 23 heteroatoms. The highest BCUT2D eigenvalue weighted by Crippen LogP contribution is 2.62. The Bertz CT molecular complexity index is 857. The molecule has 0 spiro atoms. The SMILES string of the molecule is O=C(O)C(=C(F)C(F)(F)C(F)(F)C(F)(F)C(F)(F)C(F)(F)C(F)(F)F)C(F)(F)C(F)(F)C(F)(F)F. The molecule has 0 aliphatic carbocycles. The van der Waals surface area contributed by atoms with Crippen LogP contribution in [0.25, 0.3) is 0 Å². The van der Waals surface area contributed by atoms with Gasteiger partial charge < -0.3 is 5.11 Å². The lowest BCUT2D eigenvalue weighted by atomic mass is 9.90. The molecule has 0 radical (unpaired) electrons. The second-order valence-corrected chi connectivity index (χ2v) is 6.01. The van der Waals surface area contributed by atoms with Gasteiger partial charge in [-0.1, -0.05) is 0 Å². The van der Waals surface area contributed by atoms with Crippen LogP contribution < -0.4 is 0 Å². The molecule has 0 rings (SSSR count). The molecule has 0 fully saturated rings. The zero-order valence-electron chi connectivity index (χ0n) is 14.8. The molecule has 0 bridgehead atoms. The molecule has 0 saturated heterocycles. The molecule has 0 aromatic heterocycles. The quantitative estimate of drug-likeness (QED) is 0.253. The fourth-order valence-electron chi connectivity index (χ4n) is 1.77. The second-order valence-electron chi connectivity index (χ2n) is 6.01. The summed E-state index contributed by atoms with van der Waals surface area (Å²) in [5.74, 6) is -69.4. The Morgan fingerprint density at radius 1 is 0.429 bits per heavy atom. The van der Waals surface area contributed by atoms with E-state index < -0.39 is 71.2 Å². The van der Waals surface area contributed by atoms with Crippen LogP contribution in [-0.4, -0.2) is 64.9 Å². The van der Waals surface area contributed by atoms with Gasteiger partial charge in [-0.15, -0.1) is 0 Å². The van der Waals surface area contributed by atoms with Gasteiger partial charge in [0, 0.05) is 0 Å². The average Bonchev–Trinajstić information content (AvgIpc) is 2.58. The van der Waals surface area contributed by atoms with Crippen molar-refractivity contribution in [3.05, 3.63) is 11.4 Å². The second kappa shape index (κ2) is 8.13. The van der Waals surface area contributed by atoms with Crippen LogP contribution in [0.1, 0.15) is 0 Å². The van der Waals surface area contributed by atoms with Gasteiger partial charge in [0.25, 0.3) is 0 Å². The number of carboxylic acids is 1. The Morgan fingerprint density at radius 3 is 0.971 bits per heavy atom. The van der Waals surface area contributed by atoms with E-state index in [4.69, 9.17) is 5.11 Å². The standard InChI is InChI=1S/C12HF21O2/c13-2(1(3(34)35)4(14,15)7(20,21)11(28,29)30)5(16,17)6(18,19)8(22,23)9(24,25)10(26,27)12(31,32)33/h(H,34,35). The van der Waals surface area contributed by atoms with Gasteiger partial charge in [0.05, 0.1) is 0 Å². The molecule has 2 nitrogen and oxygen atoms in total. The molecule has 0 unspecified atom stereocenters. The summed E-state index contributed by atoms with van der Waals surface area (Å²) in [6.45, 7) is 0. The Hall–Kier alpha value is -2.26. The lowest BCUT2D eigenvalue weighted by molar-refractivity contribution is -0.437. The summed E-state index contributed by atoms with van der Waals surface area (Å²) in [6, 6.07) is 0. The first kappa shape index (κ1) is 32.7. The summed E-state index contributed by atoms with van der Waals surface area (Å²) in [5.41, 5.74) is -5.12. The molecule has 0 aromatic carbocycles. The first-order chi connectivity index (χ1) is 14.7. The average molecular weight is 576 g/mol. The summed E-state index contributed by atoms with van der Waals surface area (Å²) in [5, 5.41) is 8.07. The lowest BCUT2D eigenvalue weighted by Gasteiger charge is -2.39. The van der Waals surface area contributed by atoms with E-state index in [1.54, 1.807) is 0 Å². The number of hydrogen-bond donors (Lipinski definition) is 1. The Balaban J connectivity index is 7.37. The monoisotopic (exact) mass is 576 g/mol. The number of carbonyl (C=O) groups is 1. The first-order valence-electron chi connectivity index (χ1n) is 7.15. The third-order valence-corrected chi connectivity index (χ3v) is 3.71. The number of aliphatic carboxylic acids is 1. The Morgan fingerprint density at radius 2 is 0.714 bits per heavy atom. The summed E-state index contributed by atoms with van der Waals surface area (Å²) in [4.78, 5) is 10.4. The molecule has 208 valence electrons. The van der Waals surface area contributed by atoms with Gasteiger partial charge in [0.15, 0.2) is 11.4 Å². The molecule has 0 aliphatic rings. The zero-order chi connectivity index (χ0) is 29.2. The number of hydrogen-bond acceptors (Lipinski definition) is 1. The Kier molecular flexibility index (Phi) is 7.60. The fourth-order valence-corrected chi connectivity index (χ4v) is 1.77. The highest BCUT2D eigenvalue weighted by molar-refractivity contribution is 5.90. The van der Waals surface area contributed by atoms with Crippen molar-refractivity contribution in [2.75, 3.05) is 0 Å². The summed E-state index contributed by atoms with van der Waals surface area (Å²) in [7, 11) is 0. The molecule has 0 heterocycles. The van der Waals surface area contributed by atoms with Crippen LogP contribution in [0.2, 0.25) is 0 Å². The van der Waals surface area contributed by atoms with Crippen molar-refractivity contribution in [2.24, 2.45) is 0 Å². The molecular formula is C12HF21O2. The van der Waals surface area contributed by atoms with E-state index in [2.05, 4.69) is 0 Å². The van der Waals surface area contributed by atoms with Crippen LogP contribution in [-0.2, 0) is 4.79 Å². The van der Waals surface area contributed by atoms with Gasteiger partial charge in [0.2, 0.25) is 0 Å². The van der Waals surface area contributed by atoms with Gasteiger partial charge in [-0.05, 0) is 0 Å². The third-order valence-electron chi connectivity index (χ3n) is 3.71. The predicted octanol–water partition coefficient (Wildman–Crippen LogP) is 6.87. The van der Waals surface area contributed by atoms with E-state index >= 15 is 0 Å². The smallest absolute Gasteiger partial charge is 0.460 e. The molecule has 1 N–H and O–H groups in total. The molecular weight excluding hydrogens is 575 g/mol. The van der Waals surface area contributed by atoms with E-state index in [0.29, 0.717) is 0 Å². The molecule has 35 heavy (non-hydrogen) atoms. The van der Waals surface area contributed by atoms with Crippen LogP contribution in [0.5, 0.6) is 0 Å². The predicted molar refractivity (Wildman–Crippen MR) is 62.5 cm³/mol. The fraction of sp³-hybridized carbons (Fsp3) is 0.750. The maximum atomic E-state index is 13.6. The van der Waals surface area contributed by atoms with Crippen LogP contribution in [0, 0.1) is 0 Å². The minimum Gasteiger partial charge on any atom is -0.478 e. The van der Waals surface area contributed by atoms with Gasteiger partial charge in [0.1, 0.15) is 0 Å². The highest BCUT2D eigenvalue weighted by Gasteiger charge is 2.91. The van der Waals surface area contributed by atoms with E-state index in [0.717, 1.165) is 0 Å². The summed E-state index contributed by atoms with van der Waals surface area (Å²) >= 11 is 0. The molecule has 0 atom stereocenters.